The number of hydrogen-bond acceptors (Lipinski definition) is 4. The molecule has 2 aromatic rings. The van der Waals surface area contributed by atoms with Crippen molar-refractivity contribution in [2.45, 2.75) is 26.3 Å². The van der Waals surface area contributed by atoms with Crippen LogP contribution in [0.3, 0.4) is 0 Å². The Labute approximate surface area is 181 Å². The van der Waals surface area contributed by atoms with Crippen LogP contribution in [0.5, 0.6) is 0 Å². The molecule has 30 heavy (non-hydrogen) atoms. The zero-order valence-corrected chi connectivity index (χ0v) is 18.1. The van der Waals surface area contributed by atoms with Crippen molar-refractivity contribution in [2.75, 3.05) is 29.9 Å². The summed E-state index contributed by atoms with van der Waals surface area (Å²) in [6, 6.07) is 13.8. The Balaban J connectivity index is 1.51. The molecule has 3 rings (SSSR count). The molecule has 0 aliphatic carbocycles. The van der Waals surface area contributed by atoms with Crippen molar-refractivity contribution in [1.29, 1.82) is 0 Å². The molecule has 1 saturated heterocycles. The van der Waals surface area contributed by atoms with Gasteiger partial charge in [0.15, 0.2) is 0 Å². The number of benzene rings is 2. The van der Waals surface area contributed by atoms with Crippen LogP contribution in [-0.2, 0) is 16.0 Å². The van der Waals surface area contributed by atoms with E-state index in [1.807, 2.05) is 47.9 Å². The van der Waals surface area contributed by atoms with Gasteiger partial charge in [-0.15, -0.1) is 0 Å². The fourth-order valence-corrected chi connectivity index (χ4v) is 4.09. The van der Waals surface area contributed by atoms with Crippen molar-refractivity contribution in [1.82, 2.24) is 10.2 Å². The van der Waals surface area contributed by atoms with Gasteiger partial charge in [0.2, 0.25) is 11.8 Å². The minimum Gasteiger partial charge on any atom is -0.341 e. The highest BCUT2D eigenvalue weighted by molar-refractivity contribution is 7.99. The third kappa shape index (κ3) is 6.10. The average Bonchev–Trinajstić information content (AvgIpc) is 2.75. The SMILES string of the molecule is Cc1cccc(C(=O)NC(C)C(=O)Nc2ccc(CC(=O)N3CCSCC3)cc2)c1. The molecule has 0 aromatic heterocycles. The molecule has 1 atom stereocenters. The third-order valence-electron chi connectivity index (χ3n) is 4.96. The van der Waals surface area contributed by atoms with E-state index in [9.17, 15) is 14.4 Å². The van der Waals surface area contributed by atoms with Gasteiger partial charge in [-0.3, -0.25) is 14.4 Å². The second kappa shape index (κ2) is 10.3. The average molecular weight is 426 g/mol. The Kier molecular flexibility index (Phi) is 7.52. The minimum absolute atomic E-state index is 0.138. The normalized spacial score (nSPS) is 14.7. The Morgan fingerprint density at radius 3 is 2.43 bits per heavy atom. The Morgan fingerprint density at radius 2 is 1.77 bits per heavy atom. The largest absolute Gasteiger partial charge is 0.341 e. The van der Waals surface area contributed by atoms with E-state index >= 15 is 0 Å². The number of aryl methyl sites for hydroxylation is 1. The maximum atomic E-state index is 12.4. The predicted octanol–water partition coefficient (Wildman–Crippen LogP) is 2.87. The molecule has 1 aliphatic heterocycles. The summed E-state index contributed by atoms with van der Waals surface area (Å²) in [6.45, 7) is 5.18. The van der Waals surface area contributed by atoms with Gasteiger partial charge < -0.3 is 15.5 Å². The van der Waals surface area contributed by atoms with Gasteiger partial charge in [-0.2, -0.15) is 11.8 Å². The number of thioether (sulfide) groups is 1. The summed E-state index contributed by atoms with van der Waals surface area (Å²) in [6.07, 6.45) is 0.363. The molecule has 0 spiro atoms. The fourth-order valence-electron chi connectivity index (χ4n) is 3.19. The lowest BCUT2D eigenvalue weighted by atomic mass is 10.1. The molecule has 1 fully saturated rings. The van der Waals surface area contributed by atoms with Gasteiger partial charge in [-0.1, -0.05) is 29.8 Å². The number of nitrogens with one attached hydrogen (secondary N) is 2. The number of amides is 3. The van der Waals surface area contributed by atoms with Gasteiger partial charge in [-0.05, 0) is 43.7 Å². The van der Waals surface area contributed by atoms with E-state index in [1.165, 1.54) is 0 Å². The second-order valence-electron chi connectivity index (χ2n) is 7.42. The van der Waals surface area contributed by atoms with E-state index in [2.05, 4.69) is 10.6 Å². The van der Waals surface area contributed by atoms with E-state index in [0.29, 0.717) is 17.7 Å². The highest BCUT2D eigenvalue weighted by atomic mass is 32.2. The minimum atomic E-state index is -0.684. The van der Waals surface area contributed by atoms with Crippen molar-refractivity contribution in [3.63, 3.8) is 0 Å². The van der Waals surface area contributed by atoms with Crippen molar-refractivity contribution in [3.05, 3.63) is 65.2 Å². The van der Waals surface area contributed by atoms with Crippen LogP contribution >= 0.6 is 11.8 Å². The smallest absolute Gasteiger partial charge is 0.251 e. The molecule has 0 radical (unpaired) electrons. The second-order valence-corrected chi connectivity index (χ2v) is 8.65. The molecule has 0 bridgehead atoms. The molecule has 1 heterocycles. The number of anilines is 1. The molecular weight excluding hydrogens is 398 g/mol. The summed E-state index contributed by atoms with van der Waals surface area (Å²) < 4.78 is 0. The van der Waals surface area contributed by atoms with Crippen LogP contribution in [0.15, 0.2) is 48.5 Å². The first-order valence-electron chi connectivity index (χ1n) is 10.1. The number of hydrogen-bond donors (Lipinski definition) is 2. The van der Waals surface area contributed by atoms with Crippen LogP contribution in [-0.4, -0.2) is 53.3 Å². The standard InChI is InChI=1S/C23H27N3O3S/c1-16-4-3-5-19(14-16)23(29)24-17(2)22(28)25-20-8-6-18(7-9-20)15-21(27)26-10-12-30-13-11-26/h3-9,14,17H,10-13,15H2,1-2H3,(H,24,29)(H,25,28). The van der Waals surface area contributed by atoms with Gasteiger partial charge in [0.1, 0.15) is 6.04 Å². The van der Waals surface area contributed by atoms with Crippen LogP contribution in [0, 0.1) is 6.92 Å². The van der Waals surface area contributed by atoms with Crippen LogP contribution < -0.4 is 10.6 Å². The van der Waals surface area contributed by atoms with Gasteiger partial charge >= 0.3 is 0 Å². The summed E-state index contributed by atoms with van der Waals surface area (Å²) in [5.74, 6) is 1.54. The lowest BCUT2D eigenvalue weighted by Gasteiger charge is -2.26. The lowest BCUT2D eigenvalue weighted by Crippen LogP contribution is -2.41. The summed E-state index contributed by atoms with van der Waals surface area (Å²) in [4.78, 5) is 39.0. The highest BCUT2D eigenvalue weighted by Gasteiger charge is 2.18. The van der Waals surface area contributed by atoms with Gasteiger partial charge in [0, 0.05) is 35.8 Å². The quantitative estimate of drug-likeness (QED) is 0.746. The lowest BCUT2D eigenvalue weighted by molar-refractivity contribution is -0.130. The Hall–Kier alpha value is -2.80. The van der Waals surface area contributed by atoms with Gasteiger partial charge in [0.05, 0.1) is 6.42 Å². The first-order valence-corrected chi connectivity index (χ1v) is 11.2. The van der Waals surface area contributed by atoms with E-state index in [4.69, 9.17) is 0 Å². The van der Waals surface area contributed by atoms with Crippen LogP contribution in [0.2, 0.25) is 0 Å². The van der Waals surface area contributed by atoms with Crippen molar-refractivity contribution in [2.24, 2.45) is 0 Å². The van der Waals surface area contributed by atoms with E-state index in [-0.39, 0.29) is 17.7 Å². The Morgan fingerprint density at radius 1 is 1.07 bits per heavy atom. The summed E-state index contributed by atoms with van der Waals surface area (Å²) in [5, 5.41) is 5.52. The van der Waals surface area contributed by atoms with Crippen LogP contribution in [0.4, 0.5) is 5.69 Å². The fraction of sp³-hybridized carbons (Fsp3) is 0.348. The molecule has 2 N–H and O–H groups in total. The molecule has 3 amide bonds. The molecule has 158 valence electrons. The van der Waals surface area contributed by atoms with E-state index in [0.717, 1.165) is 35.7 Å². The zero-order valence-electron chi connectivity index (χ0n) is 17.3. The first-order chi connectivity index (χ1) is 14.4. The van der Waals surface area contributed by atoms with Crippen LogP contribution in [0.25, 0.3) is 0 Å². The topological polar surface area (TPSA) is 78.5 Å². The molecular formula is C23H27N3O3S. The van der Waals surface area contributed by atoms with E-state index < -0.39 is 6.04 Å². The highest BCUT2D eigenvalue weighted by Crippen LogP contribution is 2.14. The van der Waals surface area contributed by atoms with Crippen molar-refractivity contribution in [3.8, 4) is 0 Å². The molecule has 2 aromatic carbocycles. The summed E-state index contributed by atoms with van der Waals surface area (Å²) in [7, 11) is 0. The van der Waals surface area contributed by atoms with Gasteiger partial charge in [0.25, 0.3) is 5.91 Å². The molecule has 7 heteroatoms. The van der Waals surface area contributed by atoms with Crippen molar-refractivity contribution >= 4 is 35.2 Å². The monoisotopic (exact) mass is 425 g/mol. The maximum Gasteiger partial charge on any atom is 0.251 e. The van der Waals surface area contributed by atoms with Gasteiger partial charge in [-0.25, -0.2) is 0 Å². The molecule has 0 saturated carbocycles. The summed E-state index contributed by atoms with van der Waals surface area (Å²) >= 11 is 1.87. The van der Waals surface area contributed by atoms with E-state index in [1.54, 1.807) is 31.2 Å². The van der Waals surface area contributed by atoms with Crippen molar-refractivity contribution < 1.29 is 14.4 Å². The number of carbonyl (C=O) groups excluding carboxylic acids is 3. The number of carbonyl (C=O) groups is 3. The molecule has 1 unspecified atom stereocenters. The third-order valence-corrected chi connectivity index (χ3v) is 5.90. The predicted molar refractivity (Wildman–Crippen MR) is 121 cm³/mol. The number of rotatable bonds is 6. The maximum absolute atomic E-state index is 12.4. The molecule has 1 aliphatic rings. The molecule has 6 nitrogen and oxygen atoms in total. The first kappa shape index (κ1) is 21.9. The number of nitrogens with zero attached hydrogens (tertiary/aromatic N) is 1. The van der Waals surface area contributed by atoms with Crippen LogP contribution in [0.1, 0.15) is 28.4 Å². The Bertz CT molecular complexity index is 908. The zero-order chi connectivity index (χ0) is 21.5. The summed E-state index contributed by atoms with van der Waals surface area (Å²) in [5.41, 5.74) is 3.05.